The van der Waals surface area contributed by atoms with E-state index in [0.29, 0.717) is 14.5 Å². The summed E-state index contributed by atoms with van der Waals surface area (Å²) in [4.78, 5) is 2.45. The molecule has 0 aliphatic carbocycles. The summed E-state index contributed by atoms with van der Waals surface area (Å²) in [7, 11) is 0. The zero-order valence-corrected chi connectivity index (χ0v) is 46.3. The molecular formula is C58H90N2O2SeSn. The molecule has 2 heterocycles. The second kappa shape index (κ2) is 30.1. The van der Waals surface area contributed by atoms with E-state index in [0.717, 1.165) is 55.5 Å². The molecule has 0 unspecified atom stereocenters. The number of unbranched alkanes of at least 4 members (excludes halogenated alkanes) is 18. The minimum absolute atomic E-state index is 0.434. The topological polar surface area (TPSA) is 26.6 Å². The number of fused-ring (bicyclic) bond motifs is 3. The molecule has 354 valence electrons. The normalized spacial score (nSPS) is 11.9. The van der Waals surface area contributed by atoms with Crippen LogP contribution in [0.1, 0.15) is 196 Å². The van der Waals surface area contributed by atoms with Crippen molar-refractivity contribution in [3.8, 4) is 11.5 Å². The predicted octanol–water partition coefficient (Wildman–Crippen LogP) is 18.2. The number of hydrogen-bond donors (Lipinski definition) is 0. The summed E-state index contributed by atoms with van der Waals surface area (Å²) in [6, 6.07) is 28.0. The molecule has 0 bridgehead atoms. The van der Waals surface area contributed by atoms with E-state index in [4.69, 9.17) is 9.47 Å². The molecule has 0 saturated heterocycles. The van der Waals surface area contributed by atoms with Gasteiger partial charge < -0.3 is 0 Å². The van der Waals surface area contributed by atoms with Crippen molar-refractivity contribution in [3.05, 3.63) is 72.8 Å². The molecule has 0 amide bonds. The van der Waals surface area contributed by atoms with Crippen LogP contribution in [-0.4, -0.2) is 50.7 Å². The van der Waals surface area contributed by atoms with Crippen LogP contribution in [0.15, 0.2) is 72.8 Å². The quantitative estimate of drug-likeness (QED) is 0.0295. The molecule has 0 N–H and O–H groups in total. The van der Waals surface area contributed by atoms with Crippen molar-refractivity contribution in [2.24, 2.45) is 0 Å². The first-order chi connectivity index (χ1) is 31.5. The van der Waals surface area contributed by atoms with Gasteiger partial charge in [0.15, 0.2) is 0 Å². The molecule has 0 saturated carbocycles. The van der Waals surface area contributed by atoms with E-state index in [9.17, 15) is 0 Å². The molecule has 6 heteroatoms. The van der Waals surface area contributed by atoms with Gasteiger partial charge in [0.25, 0.3) is 0 Å². The monoisotopic (exact) mass is 1050 g/mol. The molecule has 0 aliphatic heterocycles. The second-order valence-electron chi connectivity index (χ2n) is 19.1. The van der Waals surface area contributed by atoms with Crippen molar-refractivity contribution < 1.29 is 9.47 Å². The SMILES string of the molecule is CCCCCCCCOc1ccc(N(c2ccc(OCCCCCCCC)cc2)c2ccc3c4[se][c]([Sn]([CH2]CCC)([CH2]CCC)[CH2]CCC)cc4n(CCCCCCCC)c3c2)cc1. The van der Waals surface area contributed by atoms with E-state index < -0.39 is 18.4 Å². The molecule has 4 nitrogen and oxygen atoms in total. The van der Waals surface area contributed by atoms with E-state index in [2.05, 4.69) is 124 Å². The van der Waals surface area contributed by atoms with Crippen LogP contribution in [0.2, 0.25) is 13.3 Å². The molecule has 64 heavy (non-hydrogen) atoms. The third-order valence-corrected chi connectivity index (χ3v) is 38.0. The standard InChI is InChI=1S/C46H63N2O2Se.3C4H9.Sn/c1-4-7-10-13-16-19-33-47-44-32-36-51-46(44)43-31-26-40(37-45(43)47)48(38-22-27-41(28-23-38)49-34-20-17-14-11-8-5-2)39-24-29-42(30-25-39)50-35-21-18-15-12-9-6-3;3*1-3-4-2;/h22-32,37H,4-21,33-35H2,1-3H3;3*1,3-4H2,2H3;. The first kappa shape index (κ1) is 52.6. The van der Waals surface area contributed by atoms with Gasteiger partial charge in [0, 0.05) is 0 Å². The summed E-state index contributed by atoms with van der Waals surface area (Å²) in [5.74, 6) is 1.91. The predicted molar refractivity (Wildman–Crippen MR) is 287 cm³/mol. The van der Waals surface area contributed by atoms with Gasteiger partial charge in [-0.2, -0.15) is 0 Å². The van der Waals surface area contributed by atoms with Gasteiger partial charge in [-0.25, -0.2) is 0 Å². The Hall–Kier alpha value is -2.34. The second-order valence-corrected chi connectivity index (χ2v) is 36.7. The Morgan fingerprint density at radius 2 is 0.859 bits per heavy atom. The fraction of sp³-hybridized carbons (Fsp3) is 0.621. The zero-order chi connectivity index (χ0) is 45.2. The van der Waals surface area contributed by atoms with Crippen molar-refractivity contribution in [2.75, 3.05) is 18.1 Å². The van der Waals surface area contributed by atoms with Gasteiger partial charge in [-0.15, -0.1) is 0 Å². The summed E-state index contributed by atoms with van der Waals surface area (Å²) >= 11 is -2.11. The van der Waals surface area contributed by atoms with Crippen molar-refractivity contribution in [3.63, 3.8) is 0 Å². The Bertz CT molecular complexity index is 1900. The number of hydrogen-bond acceptors (Lipinski definition) is 3. The van der Waals surface area contributed by atoms with E-state index in [1.807, 2.05) is 2.45 Å². The summed E-state index contributed by atoms with van der Waals surface area (Å²) in [6.07, 6.45) is 31.5. The van der Waals surface area contributed by atoms with Crippen LogP contribution in [0.3, 0.4) is 0 Å². The number of benzene rings is 3. The van der Waals surface area contributed by atoms with Crippen LogP contribution in [0.25, 0.3) is 20.7 Å². The summed E-state index contributed by atoms with van der Waals surface area (Å²) < 4.78 is 23.7. The third kappa shape index (κ3) is 15.9. The number of rotatable bonds is 36. The maximum absolute atomic E-state index is 6.28. The van der Waals surface area contributed by atoms with Crippen LogP contribution in [0, 0.1) is 0 Å². The van der Waals surface area contributed by atoms with Gasteiger partial charge in [-0.05, 0) is 12.8 Å². The van der Waals surface area contributed by atoms with E-state index in [1.54, 1.807) is 23.1 Å². The van der Waals surface area contributed by atoms with E-state index >= 15 is 0 Å². The van der Waals surface area contributed by atoms with Crippen molar-refractivity contribution >= 4 is 73.1 Å². The Morgan fingerprint density at radius 3 is 1.33 bits per heavy atom. The van der Waals surface area contributed by atoms with Crippen LogP contribution in [-0.2, 0) is 6.54 Å². The maximum atomic E-state index is 6.28. The summed E-state index contributed by atoms with van der Waals surface area (Å²) in [6.45, 7) is 16.8. The van der Waals surface area contributed by atoms with Gasteiger partial charge >= 0.3 is 314 Å². The van der Waals surface area contributed by atoms with E-state index in [1.165, 1.54) is 158 Å². The molecule has 0 radical (unpaired) electrons. The van der Waals surface area contributed by atoms with Crippen LogP contribution >= 0.6 is 0 Å². The van der Waals surface area contributed by atoms with E-state index in [-0.39, 0.29) is 0 Å². The molecule has 3 aromatic carbocycles. The number of nitrogens with zero attached hydrogens (tertiary/aromatic N) is 2. The average molecular weight is 1050 g/mol. The zero-order valence-electron chi connectivity index (χ0n) is 41.8. The van der Waals surface area contributed by atoms with Crippen LogP contribution in [0.5, 0.6) is 11.5 Å². The molecule has 0 aliphatic rings. The van der Waals surface area contributed by atoms with Gasteiger partial charge in [-0.3, -0.25) is 0 Å². The minimum atomic E-state index is -2.55. The number of anilines is 3. The molecule has 0 spiro atoms. The molecular weight excluding hydrogens is 954 g/mol. The number of aromatic nitrogens is 1. The van der Waals surface area contributed by atoms with Crippen molar-refractivity contribution in [1.82, 2.24) is 4.57 Å². The van der Waals surface area contributed by atoms with Gasteiger partial charge in [0.2, 0.25) is 0 Å². The fourth-order valence-corrected chi connectivity index (χ4v) is 35.6. The molecule has 5 rings (SSSR count). The summed E-state index contributed by atoms with van der Waals surface area (Å²) in [5.41, 5.74) is 6.52. The molecule has 2 aromatic heterocycles. The van der Waals surface area contributed by atoms with Gasteiger partial charge in [-0.1, -0.05) is 78.1 Å². The van der Waals surface area contributed by atoms with Crippen LogP contribution in [0.4, 0.5) is 17.1 Å². The third-order valence-electron chi connectivity index (χ3n) is 13.8. The first-order valence-electron chi connectivity index (χ1n) is 26.8. The number of ether oxygens (including phenoxy) is 2. The molecule has 0 fully saturated rings. The van der Waals surface area contributed by atoms with Crippen molar-refractivity contribution in [1.29, 1.82) is 0 Å². The van der Waals surface area contributed by atoms with Crippen LogP contribution < -0.4 is 16.8 Å². The van der Waals surface area contributed by atoms with Crippen molar-refractivity contribution in [2.45, 2.75) is 215 Å². The molecule has 5 aromatic rings. The average Bonchev–Trinajstić information content (AvgIpc) is 3.88. The Kier molecular flexibility index (Phi) is 24.8. The summed E-state index contributed by atoms with van der Waals surface area (Å²) in [5, 5.41) is 1.51. The Morgan fingerprint density at radius 1 is 0.438 bits per heavy atom. The molecule has 0 atom stereocenters. The fourth-order valence-electron chi connectivity index (χ4n) is 9.80. The number of aryl methyl sites for hydroxylation is 1. The Labute approximate surface area is 402 Å². The van der Waals surface area contributed by atoms with Gasteiger partial charge in [0.1, 0.15) is 0 Å². The Balaban J connectivity index is 1.51. The first-order valence-corrected chi connectivity index (χ1v) is 36.0. The van der Waals surface area contributed by atoms with Gasteiger partial charge in [0.05, 0.1) is 0 Å².